The van der Waals surface area contributed by atoms with Gasteiger partial charge in [-0.1, -0.05) is 39.0 Å². The third-order valence-electron chi connectivity index (χ3n) is 5.81. The van der Waals surface area contributed by atoms with E-state index in [0.29, 0.717) is 6.10 Å². The fraction of sp³-hybridized carbons (Fsp3) is 0.609. The number of nitrogens with zero attached hydrogens (tertiary/aromatic N) is 1. The lowest BCUT2D eigenvalue weighted by Crippen LogP contribution is -2.43. The van der Waals surface area contributed by atoms with Gasteiger partial charge >= 0.3 is 0 Å². The largest absolute Gasteiger partial charge is 0.414 e. The summed E-state index contributed by atoms with van der Waals surface area (Å²) in [6.07, 6.45) is 6.85. The van der Waals surface area contributed by atoms with E-state index in [9.17, 15) is 0 Å². The van der Waals surface area contributed by atoms with E-state index in [1.165, 1.54) is 17.4 Å². The molecule has 150 valence electrons. The molecule has 1 aromatic carbocycles. The lowest BCUT2D eigenvalue weighted by Gasteiger charge is -2.38. The monoisotopic (exact) mass is 386 g/mol. The van der Waals surface area contributed by atoms with Crippen LogP contribution in [0.1, 0.15) is 52.5 Å². The molecule has 1 N–H and O–H groups in total. The standard InChI is InChI=1S/C23H38N2OSi/c1-19(26-27(5,6)23(2,3)4)11-9-16-24-17-10-12-20-15-18-25-22-14-8-7-13-21(20)22/h7-8,13-15,18-19,24H,9-12,16-17H2,1-6H3. The summed E-state index contributed by atoms with van der Waals surface area (Å²) in [5.74, 6) is 0. The molecule has 2 aromatic rings. The van der Waals surface area contributed by atoms with Gasteiger partial charge in [0.1, 0.15) is 0 Å². The smallest absolute Gasteiger partial charge is 0.192 e. The Morgan fingerprint density at radius 2 is 1.78 bits per heavy atom. The molecule has 3 nitrogen and oxygen atoms in total. The quantitative estimate of drug-likeness (QED) is 0.405. The SMILES string of the molecule is CC(CCCNCCCc1ccnc2ccccc12)O[Si](C)(C)C(C)(C)C. The Labute approximate surface area is 167 Å². The second-order valence-electron chi connectivity index (χ2n) is 9.17. The summed E-state index contributed by atoms with van der Waals surface area (Å²) < 4.78 is 6.43. The molecule has 1 heterocycles. The van der Waals surface area contributed by atoms with Crippen LogP contribution in [0.3, 0.4) is 0 Å². The van der Waals surface area contributed by atoms with E-state index in [2.05, 4.69) is 81.4 Å². The lowest BCUT2D eigenvalue weighted by atomic mass is 10.0. The van der Waals surface area contributed by atoms with Crippen molar-refractivity contribution >= 4 is 19.2 Å². The van der Waals surface area contributed by atoms with Gasteiger partial charge in [0, 0.05) is 17.7 Å². The number of hydrogen-bond acceptors (Lipinski definition) is 3. The molecule has 0 bridgehead atoms. The molecule has 27 heavy (non-hydrogen) atoms. The van der Waals surface area contributed by atoms with Crippen molar-refractivity contribution in [3.63, 3.8) is 0 Å². The van der Waals surface area contributed by atoms with Crippen LogP contribution in [0.25, 0.3) is 10.9 Å². The number of rotatable bonds is 10. The first-order valence-electron chi connectivity index (χ1n) is 10.4. The highest BCUT2D eigenvalue weighted by Crippen LogP contribution is 2.37. The van der Waals surface area contributed by atoms with Gasteiger partial charge in [-0.3, -0.25) is 4.98 Å². The van der Waals surface area contributed by atoms with Crippen LogP contribution in [0.15, 0.2) is 36.5 Å². The van der Waals surface area contributed by atoms with Gasteiger partial charge in [0.15, 0.2) is 8.32 Å². The third-order valence-corrected chi connectivity index (χ3v) is 10.4. The van der Waals surface area contributed by atoms with Gasteiger partial charge in [-0.25, -0.2) is 0 Å². The van der Waals surface area contributed by atoms with E-state index in [4.69, 9.17) is 4.43 Å². The van der Waals surface area contributed by atoms with E-state index < -0.39 is 8.32 Å². The Kier molecular flexibility index (Phi) is 8.01. The van der Waals surface area contributed by atoms with Crippen LogP contribution in [-0.4, -0.2) is 32.5 Å². The lowest BCUT2D eigenvalue weighted by molar-refractivity contribution is 0.186. The minimum atomic E-state index is -1.63. The van der Waals surface area contributed by atoms with Crippen molar-refractivity contribution < 1.29 is 4.43 Å². The highest BCUT2D eigenvalue weighted by atomic mass is 28.4. The number of para-hydroxylation sites is 1. The number of fused-ring (bicyclic) bond motifs is 1. The maximum atomic E-state index is 6.43. The van der Waals surface area contributed by atoms with Gasteiger partial charge in [0.05, 0.1) is 5.52 Å². The first-order chi connectivity index (χ1) is 12.7. The second kappa shape index (κ2) is 9.81. The molecule has 0 aliphatic heterocycles. The normalized spacial score (nSPS) is 13.9. The molecular formula is C23H38N2OSi. The van der Waals surface area contributed by atoms with Gasteiger partial charge in [-0.15, -0.1) is 0 Å². The molecule has 0 fully saturated rings. The fourth-order valence-corrected chi connectivity index (χ4v) is 4.63. The highest BCUT2D eigenvalue weighted by molar-refractivity contribution is 6.74. The summed E-state index contributed by atoms with van der Waals surface area (Å²) in [5, 5.41) is 5.17. The minimum absolute atomic E-state index is 0.288. The van der Waals surface area contributed by atoms with Crippen molar-refractivity contribution in [1.29, 1.82) is 0 Å². The number of pyridine rings is 1. The van der Waals surface area contributed by atoms with Crippen LogP contribution in [-0.2, 0) is 10.8 Å². The van der Waals surface area contributed by atoms with Crippen LogP contribution in [0.2, 0.25) is 18.1 Å². The molecule has 1 atom stereocenters. The molecule has 1 unspecified atom stereocenters. The Hall–Kier alpha value is -1.23. The van der Waals surface area contributed by atoms with E-state index >= 15 is 0 Å². The van der Waals surface area contributed by atoms with Crippen molar-refractivity contribution in [2.24, 2.45) is 0 Å². The molecule has 0 spiro atoms. The molecule has 0 amide bonds. The summed E-state index contributed by atoms with van der Waals surface area (Å²) in [6, 6.07) is 10.6. The number of aromatic nitrogens is 1. The van der Waals surface area contributed by atoms with E-state index in [0.717, 1.165) is 37.9 Å². The predicted octanol–water partition coefficient (Wildman–Crippen LogP) is 5.95. The summed E-state index contributed by atoms with van der Waals surface area (Å²) in [7, 11) is -1.63. The molecule has 2 rings (SSSR count). The molecule has 4 heteroatoms. The van der Waals surface area contributed by atoms with E-state index in [1.54, 1.807) is 0 Å². The highest BCUT2D eigenvalue weighted by Gasteiger charge is 2.38. The Balaban J connectivity index is 1.62. The molecular weight excluding hydrogens is 348 g/mol. The van der Waals surface area contributed by atoms with Crippen molar-refractivity contribution in [2.75, 3.05) is 13.1 Å². The zero-order valence-corrected chi connectivity index (χ0v) is 19.1. The minimum Gasteiger partial charge on any atom is -0.414 e. The van der Waals surface area contributed by atoms with Crippen LogP contribution in [0.5, 0.6) is 0 Å². The summed E-state index contributed by atoms with van der Waals surface area (Å²) in [5.41, 5.74) is 2.50. The van der Waals surface area contributed by atoms with Gasteiger partial charge in [0.25, 0.3) is 0 Å². The zero-order valence-electron chi connectivity index (χ0n) is 18.1. The number of nitrogens with one attached hydrogen (secondary N) is 1. The Morgan fingerprint density at radius 3 is 2.52 bits per heavy atom. The summed E-state index contributed by atoms with van der Waals surface area (Å²) in [4.78, 5) is 4.44. The predicted molar refractivity (Wildman–Crippen MR) is 120 cm³/mol. The zero-order chi connectivity index (χ0) is 19.9. The van der Waals surface area contributed by atoms with E-state index in [-0.39, 0.29) is 5.04 Å². The van der Waals surface area contributed by atoms with Crippen molar-refractivity contribution in [2.45, 2.75) is 77.6 Å². The topological polar surface area (TPSA) is 34.2 Å². The molecule has 0 aliphatic rings. The van der Waals surface area contributed by atoms with Gasteiger partial charge in [0.2, 0.25) is 0 Å². The number of benzene rings is 1. The van der Waals surface area contributed by atoms with Crippen LogP contribution < -0.4 is 5.32 Å². The molecule has 1 aromatic heterocycles. The van der Waals surface area contributed by atoms with Crippen LogP contribution in [0, 0.1) is 0 Å². The maximum absolute atomic E-state index is 6.43. The summed E-state index contributed by atoms with van der Waals surface area (Å²) >= 11 is 0. The maximum Gasteiger partial charge on any atom is 0.192 e. The summed E-state index contributed by atoms with van der Waals surface area (Å²) in [6.45, 7) is 16.0. The van der Waals surface area contributed by atoms with Gasteiger partial charge < -0.3 is 9.74 Å². The first-order valence-corrected chi connectivity index (χ1v) is 13.3. The van der Waals surface area contributed by atoms with Crippen molar-refractivity contribution in [3.8, 4) is 0 Å². The van der Waals surface area contributed by atoms with Crippen molar-refractivity contribution in [1.82, 2.24) is 10.3 Å². The second-order valence-corrected chi connectivity index (χ2v) is 13.9. The fourth-order valence-electron chi connectivity index (χ4n) is 3.16. The Bertz CT molecular complexity index is 704. The molecule has 0 aliphatic carbocycles. The van der Waals surface area contributed by atoms with Crippen LogP contribution >= 0.6 is 0 Å². The molecule has 0 saturated carbocycles. The molecule has 0 radical (unpaired) electrons. The molecule has 0 saturated heterocycles. The van der Waals surface area contributed by atoms with Gasteiger partial charge in [-0.2, -0.15) is 0 Å². The van der Waals surface area contributed by atoms with Crippen LogP contribution in [0.4, 0.5) is 0 Å². The average Bonchev–Trinajstić information content (AvgIpc) is 2.59. The number of hydrogen-bond donors (Lipinski definition) is 1. The van der Waals surface area contributed by atoms with Crippen molar-refractivity contribution in [3.05, 3.63) is 42.1 Å². The average molecular weight is 387 g/mol. The third kappa shape index (κ3) is 6.70. The number of aryl methyl sites for hydroxylation is 1. The van der Waals surface area contributed by atoms with E-state index in [1.807, 2.05) is 6.20 Å². The van der Waals surface area contributed by atoms with Gasteiger partial charge in [-0.05, 0) is 81.5 Å². The Morgan fingerprint density at radius 1 is 1.07 bits per heavy atom. The first kappa shape index (κ1) is 22.1.